The molecule has 1 aliphatic rings. The molecule has 3 aromatic carbocycles. The van der Waals surface area contributed by atoms with Crippen LogP contribution in [-0.2, 0) is 33.7 Å². The summed E-state index contributed by atoms with van der Waals surface area (Å²) in [5.74, 6) is -0.598. The molecule has 5 heteroatoms. The van der Waals surface area contributed by atoms with Gasteiger partial charge in [0.15, 0.2) is 6.10 Å². The Kier molecular flexibility index (Phi) is 4.94. The minimum atomic E-state index is -0.826. The van der Waals surface area contributed by atoms with E-state index in [9.17, 15) is 9.59 Å². The van der Waals surface area contributed by atoms with Crippen molar-refractivity contribution in [1.29, 1.82) is 0 Å². The largest absolute Gasteiger partial charge is 0.464 e. The van der Waals surface area contributed by atoms with E-state index in [0.29, 0.717) is 13.1 Å². The fourth-order valence-electron chi connectivity index (χ4n) is 4.39. The van der Waals surface area contributed by atoms with Gasteiger partial charge in [-0.3, -0.25) is 9.59 Å². The van der Waals surface area contributed by atoms with Crippen LogP contribution in [0.25, 0.3) is 21.7 Å². The first kappa shape index (κ1) is 19.4. The zero-order valence-corrected chi connectivity index (χ0v) is 17.3. The van der Waals surface area contributed by atoms with Crippen molar-refractivity contribution in [1.82, 2.24) is 4.90 Å². The minimum Gasteiger partial charge on any atom is -0.464 e. The second-order valence-electron chi connectivity index (χ2n) is 8.01. The summed E-state index contributed by atoms with van der Waals surface area (Å²) >= 11 is 0. The Bertz CT molecular complexity index is 1290. The van der Waals surface area contributed by atoms with Gasteiger partial charge in [-0.25, -0.2) is 0 Å². The van der Waals surface area contributed by atoms with E-state index >= 15 is 0 Å². The average Bonchev–Trinajstić information content (AvgIpc) is 3.21. The van der Waals surface area contributed by atoms with Gasteiger partial charge in [-0.2, -0.15) is 0 Å². The van der Waals surface area contributed by atoms with Gasteiger partial charge in [0.1, 0.15) is 5.58 Å². The first-order chi connectivity index (χ1) is 15.1. The smallest absolute Gasteiger partial charge is 0.311 e. The lowest BCUT2D eigenvalue weighted by Crippen LogP contribution is -2.42. The number of nitrogens with zero attached hydrogens (tertiary/aromatic N) is 1. The first-order valence-electron chi connectivity index (χ1n) is 10.5. The molecular weight excluding hydrogens is 390 g/mol. The van der Waals surface area contributed by atoms with E-state index in [1.54, 1.807) is 18.1 Å². The zero-order valence-electron chi connectivity index (χ0n) is 17.3. The number of hydrogen-bond acceptors (Lipinski definition) is 4. The average molecular weight is 413 g/mol. The van der Waals surface area contributed by atoms with Gasteiger partial charge in [-0.15, -0.1) is 0 Å². The van der Waals surface area contributed by atoms with Gasteiger partial charge in [0.25, 0.3) is 5.91 Å². The molecule has 4 aromatic rings. The monoisotopic (exact) mass is 413 g/mol. The van der Waals surface area contributed by atoms with E-state index in [1.165, 1.54) is 5.56 Å². The molecule has 2 heterocycles. The number of carbonyl (C=O) groups is 2. The van der Waals surface area contributed by atoms with E-state index in [-0.39, 0.29) is 12.3 Å². The predicted molar refractivity (Wildman–Crippen MR) is 119 cm³/mol. The van der Waals surface area contributed by atoms with E-state index in [1.807, 2.05) is 54.6 Å². The molecule has 0 unspecified atom stereocenters. The highest BCUT2D eigenvalue weighted by atomic mass is 16.5. The van der Waals surface area contributed by atoms with Crippen molar-refractivity contribution in [2.24, 2.45) is 0 Å². The molecule has 0 fully saturated rings. The van der Waals surface area contributed by atoms with Crippen LogP contribution in [0.2, 0.25) is 0 Å². The van der Waals surface area contributed by atoms with Crippen LogP contribution in [0.5, 0.6) is 0 Å². The Morgan fingerprint density at radius 1 is 1.03 bits per heavy atom. The summed E-state index contributed by atoms with van der Waals surface area (Å²) in [4.78, 5) is 27.3. The highest BCUT2D eigenvalue weighted by molar-refractivity contribution is 6.08. The number of fused-ring (bicyclic) bond motifs is 4. The maximum Gasteiger partial charge on any atom is 0.311 e. The molecule has 0 spiro atoms. The standard InChI is InChI=1S/C26H23NO4/c1-17(26(29)27-13-12-18-6-2-3-8-20(18)15-27)31-24(28)14-21-16-30-23-11-10-19-7-4-5-9-22(19)25(21)23/h2-11,16-17H,12-15H2,1H3/t17-/m1/s1. The van der Waals surface area contributed by atoms with E-state index in [4.69, 9.17) is 9.15 Å². The number of rotatable bonds is 4. The van der Waals surface area contributed by atoms with Crippen LogP contribution < -0.4 is 0 Å². The molecule has 5 nitrogen and oxygen atoms in total. The minimum absolute atomic E-state index is 0.0570. The lowest BCUT2D eigenvalue weighted by Gasteiger charge is -2.30. The molecule has 0 saturated carbocycles. The Morgan fingerprint density at radius 2 is 1.81 bits per heavy atom. The second kappa shape index (κ2) is 7.91. The molecule has 0 N–H and O–H groups in total. The number of amides is 1. The molecular formula is C26H23NO4. The fraction of sp³-hybridized carbons (Fsp3) is 0.231. The van der Waals surface area contributed by atoms with Crippen molar-refractivity contribution in [3.63, 3.8) is 0 Å². The van der Waals surface area contributed by atoms with Crippen LogP contribution in [0.15, 0.2) is 71.3 Å². The SMILES string of the molecule is C[C@@H](OC(=O)Cc1coc2ccc3ccccc3c12)C(=O)N1CCc2ccccc2C1. The number of esters is 1. The first-order valence-corrected chi connectivity index (χ1v) is 10.5. The van der Waals surface area contributed by atoms with Gasteiger partial charge >= 0.3 is 5.97 Å². The van der Waals surface area contributed by atoms with Gasteiger partial charge in [0, 0.05) is 24.0 Å². The fourth-order valence-corrected chi connectivity index (χ4v) is 4.39. The molecule has 156 valence electrons. The molecule has 1 amide bonds. The lowest BCUT2D eigenvalue weighted by atomic mass is 9.99. The molecule has 31 heavy (non-hydrogen) atoms. The summed E-state index contributed by atoms with van der Waals surface area (Å²) in [6, 6.07) is 20.0. The van der Waals surface area contributed by atoms with Crippen LogP contribution in [0, 0.1) is 0 Å². The van der Waals surface area contributed by atoms with Gasteiger partial charge in [0.05, 0.1) is 12.7 Å². The number of ether oxygens (including phenoxy) is 1. The molecule has 1 aromatic heterocycles. The maximum absolute atomic E-state index is 12.9. The summed E-state index contributed by atoms with van der Waals surface area (Å²) in [5, 5.41) is 3.04. The summed E-state index contributed by atoms with van der Waals surface area (Å²) in [6.07, 6.45) is 1.65. The quantitative estimate of drug-likeness (QED) is 0.457. The van der Waals surface area contributed by atoms with Crippen molar-refractivity contribution in [3.8, 4) is 0 Å². The Balaban J connectivity index is 1.29. The Labute approximate surface area is 180 Å². The van der Waals surface area contributed by atoms with Crippen LogP contribution in [-0.4, -0.2) is 29.4 Å². The molecule has 0 radical (unpaired) electrons. The number of carbonyl (C=O) groups excluding carboxylic acids is 2. The molecule has 0 aliphatic carbocycles. The van der Waals surface area contributed by atoms with Crippen LogP contribution in [0.4, 0.5) is 0 Å². The number of hydrogen-bond donors (Lipinski definition) is 0. The molecule has 0 saturated heterocycles. The summed E-state index contributed by atoms with van der Waals surface area (Å²) in [7, 11) is 0. The summed E-state index contributed by atoms with van der Waals surface area (Å²) in [6.45, 7) is 2.83. The van der Waals surface area contributed by atoms with Crippen molar-refractivity contribution in [2.75, 3.05) is 6.54 Å². The van der Waals surface area contributed by atoms with Crippen molar-refractivity contribution < 1.29 is 18.7 Å². The second-order valence-corrected chi connectivity index (χ2v) is 8.01. The lowest BCUT2D eigenvalue weighted by molar-refractivity contribution is -0.159. The van der Waals surface area contributed by atoms with E-state index < -0.39 is 12.1 Å². The summed E-state index contributed by atoms with van der Waals surface area (Å²) in [5.41, 5.74) is 3.92. The highest BCUT2D eigenvalue weighted by Gasteiger charge is 2.27. The van der Waals surface area contributed by atoms with Crippen molar-refractivity contribution in [3.05, 3.63) is 83.6 Å². The van der Waals surface area contributed by atoms with Gasteiger partial charge in [0.2, 0.25) is 0 Å². The molecule has 5 rings (SSSR count). The molecule has 0 bridgehead atoms. The Morgan fingerprint density at radius 3 is 2.68 bits per heavy atom. The van der Waals surface area contributed by atoms with Crippen molar-refractivity contribution in [2.45, 2.75) is 32.4 Å². The van der Waals surface area contributed by atoms with Crippen LogP contribution in [0.1, 0.15) is 23.6 Å². The van der Waals surface area contributed by atoms with Gasteiger partial charge < -0.3 is 14.1 Å². The number of benzene rings is 3. The number of furan rings is 1. The molecule has 1 aliphatic heterocycles. The van der Waals surface area contributed by atoms with Gasteiger partial charge in [-0.1, -0.05) is 54.6 Å². The van der Waals surface area contributed by atoms with Gasteiger partial charge in [-0.05, 0) is 41.3 Å². The van der Waals surface area contributed by atoms with E-state index in [0.717, 1.165) is 39.3 Å². The predicted octanol–water partition coefficient (Wildman–Crippen LogP) is 4.65. The third-order valence-corrected chi connectivity index (χ3v) is 5.97. The van der Waals surface area contributed by atoms with Crippen LogP contribution >= 0.6 is 0 Å². The third-order valence-electron chi connectivity index (χ3n) is 5.97. The normalized spacial score (nSPS) is 14.4. The van der Waals surface area contributed by atoms with Crippen LogP contribution in [0.3, 0.4) is 0 Å². The topological polar surface area (TPSA) is 59.8 Å². The molecule has 1 atom stereocenters. The summed E-state index contributed by atoms with van der Waals surface area (Å²) < 4.78 is 11.2. The third kappa shape index (κ3) is 3.67. The Hall–Kier alpha value is -3.60. The highest BCUT2D eigenvalue weighted by Crippen LogP contribution is 2.30. The van der Waals surface area contributed by atoms with E-state index in [2.05, 4.69) is 6.07 Å². The zero-order chi connectivity index (χ0) is 21.4. The van der Waals surface area contributed by atoms with Crippen molar-refractivity contribution >= 4 is 33.6 Å². The maximum atomic E-state index is 12.9.